The van der Waals surface area contributed by atoms with Gasteiger partial charge in [-0.25, -0.2) is 0 Å². The van der Waals surface area contributed by atoms with Crippen molar-refractivity contribution in [1.82, 2.24) is 0 Å². The Kier molecular flexibility index (Phi) is 10.9. The van der Waals surface area contributed by atoms with Crippen molar-refractivity contribution in [3.05, 3.63) is 71.8 Å². The molecular formula is C18H26. The van der Waals surface area contributed by atoms with Gasteiger partial charge in [0.15, 0.2) is 0 Å². The topological polar surface area (TPSA) is 0 Å². The minimum absolute atomic E-state index is 1.24. The molecule has 1 aliphatic carbocycles. The van der Waals surface area contributed by atoms with Crippen molar-refractivity contribution in [2.45, 2.75) is 40.5 Å². The number of aryl methyl sites for hydroxylation is 1. The Balaban J connectivity index is 0.000000253. The van der Waals surface area contributed by atoms with E-state index in [1.807, 2.05) is 44.2 Å². The van der Waals surface area contributed by atoms with Crippen molar-refractivity contribution in [2.75, 3.05) is 0 Å². The Morgan fingerprint density at radius 2 is 1.56 bits per heavy atom. The lowest BCUT2D eigenvalue weighted by molar-refractivity contribution is 0.962. The zero-order valence-electron chi connectivity index (χ0n) is 12.2. The lowest BCUT2D eigenvalue weighted by Crippen LogP contribution is -1.78. The SMILES string of the molecule is CC1=CC=CCC1.CC=CC.Cc1ccccc1. The molecule has 0 fully saturated rings. The zero-order chi connectivity index (χ0) is 13.6. The average molecular weight is 242 g/mol. The van der Waals surface area contributed by atoms with E-state index in [0.29, 0.717) is 0 Å². The van der Waals surface area contributed by atoms with Crippen LogP contribution in [0.2, 0.25) is 0 Å². The molecule has 0 nitrogen and oxygen atoms in total. The van der Waals surface area contributed by atoms with Gasteiger partial charge in [0.25, 0.3) is 0 Å². The first-order chi connectivity index (χ1) is 8.70. The highest BCUT2D eigenvalue weighted by atomic mass is 13.9. The molecule has 0 aromatic heterocycles. The van der Waals surface area contributed by atoms with Gasteiger partial charge in [-0.2, -0.15) is 0 Å². The fraction of sp³-hybridized carbons (Fsp3) is 0.333. The molecule has 0 spiro atoms. The van der Waals surface area contributed by atoms with E-state index in [9.17, 15) is 0 Å². The van der Waals surface area contributed by atoms with Crippen LogP contribution in [0, 0.1) is 6.92 Å². The lowest BCUT2D eigenvalue weighted by atomic mass is 10.1. The fourth-order valence-electron chi connectivity index (χ4n) is 1.26. The van der Waals surface area contributed by atoms with Gasteiger partial charge < -0.3 is 0 Å². The van der Waals surface area contributed by atoms with Gasteiger partial charge in [-0.05, 0) is 40.5 Å². The number of allylic oxidation sites excluding steroid dienone is 6. The molecule has 98 valence electrons. The van der Waals surface area contributed by atoms with Crippen LogP contribution in [0.3, 0.4) is 0 Å². The molecular weight excluding hydrogens is 216 g/mol. The molecule has 0 heteroatoms. The quantitative estimate of drug-likeness (QED) is 0.500. The third-order valence-corrected chi connectivity index (χ3v) is 2.50. The van der Waals surface area contributed by atoms with Gasteiger partial charge in [0.05, 0.1) is 0 Å². The Morgan fingerprint density at radius 3 is 1.78 bits per heavy atom. The van der Waals surface area contributed by atoms with Crippen LogP contribution in [0.5, 0.6) is 0 Å². The monoisotopic (exact) mass is 242 g/mol. The minimum atomic E-state index is 1.24. The third-order valence-electron chi connectivity index (χ3n) is 2.50. The molecule has 0 atom stereocenters. The van der Waals surface area contributed by atoms with Crippen molar-refractivity contribution >= 4 is 0 Å². The fourth-order valence-corrected chi connectivity index (χ4v) is 1.26. The first kappa shape index (κ1) is 16.4. The van der Waals surface area contributed by atoms with Gasteiger partial charge in [-0.3, -0.25) is 0 Å². The summed E-state index contributed by atoms with van der Waals surface area (Å²) < 4.78 is 0. The van der Waals surface area contributed by atoms with Crippen molar-refractivity contribution in [2.24, 2.45) is 0 Å². The predicted octanol–water partition coefficient (Wildman–Crippen LogP) is 5.86. The Morgan fingerprint density at radius 1 is 0.944 bits per heavy atom. The van der Waals surface area contributed by atoms with Crippen molar-refractivity contribution in [3.63, 3.8) is 0 Å². The number of rotatable bonds is 0. The van der Waals surface area contributed by atoms with E-state index < -0.39 is 0 Å². The molecule has 0 saturated heterocycles. The van der Waals surface area contributed by atoms with Gasteiger partial charge in [0, 0.05) is 0 Å². The van der Waals surface area contributed by atoms with Crippen LogP contribution < -0.4 is 0 Å². The largest absolute Gasteiger partial charge is 0.0919 e. The Bertz CT molecular complexity index is 362. The van der Waals surface area contributed by atoms with Crippen LogP contribution in [-0.2, 0) is 0 Å². The Labute approximate surface area is 113 Å². The van der Waals surface area contributed by atoms with E-state index in [2.05, 4.69) is 44.2 Å². The molecule has 0 radical (unpaired) electrons. The second-order valence-electron chi connectivity index (χ2n) is 4.30. The van der Waals surface area contributed by atoms with Crippen LogP contribution in [0.4, 0.5) is 0 Å². The van der Waals surface area contributed by atoms with E-state index >= 15 is 0 Å². The smallest absolute Gasteiger partial charge is 0.0285 e. The summed E-state index contributed by atoms with van der Waals surface area (Å²) in [6.45, 7) is 8.25. The molecule has 0 amide bonds. The van der Waals surface area contributed by atoms with Gasteiger partial charge >= 0.3 is 0 Å². The van der Waals surface area contributed by atoms with Crippen LogP contribution >= 0.6 is 0 Å². The highest BCUT2D eigenvalue weighted by molar-refractivity contribution is 5.15. The average Bonchev–Trinajstić information content (AvgIpc) is 2.41. The van der Waals surface area contributed by atoms with Crippen molar-refractivity contribution in [1.29, 1.82) is 0 Å². The number of benzene rings is 1. The molecule has 18 heavy (non-hydrogen) atoms. The van der Waals surface area contributed by atoms with Crippen LogP contribution in [0.1, 0.15) is 39.2 Å². The molecule has 0 saturated carbocycles. The lowest BCUT2D eigenvalue weighted by Gasteiger charge is -1.98. The molecule has 0 aliphatic heterocycles. The summed E-state index contributed by atoms with van der Waals surface area (Å²) in [5, 5.41) is 0. The summed E-state index contributed by atoms with van der Waals surface area (Å²) in [7, 11) is 0. The van der Waals surface area contributed by atoms with Crippen LogP contribution in [-0.4, -0.2) is 0 Å². The summed E-state index contributed by atoms with van der Waals surface area (Å²) in [6, 6.07) is 10.3. The summed E-state index contributed by atoms with van der Waals surface area (Å²) in [6.07, 6.45) is 13.0. The second-order valence-corrected chi connectivity index (χ2v) is 4.30. The molecule has 0 N–H and O–H groups in total. The predicted molar refractivity (Wildman–Crippen MR) is 83.8 cm³/mol. The highest BCUT2D eigenvalue weighted by Gasteiger charge is 1.88. The second kappa shape index (κ2) is 11.9. The summed E-state index contributed by atoms with van der Waals surface area (Å²) >= 11 is 0. The zero-order valence-corrected chi connectivity index (χ0v) is 12.2. The van der Waals surface area contributed by atoms with E-state index in [-0.39, 0.29) is 0 Å². The molecule has 1 aromatic carbocycles. The molecule has 1 aromatic rings. The molecule has 0 heterocycles. The first-order valence-corrected chi connectivity index (χ1v) is 6.62. The highest BCUT2D eigenvalue weighted by Crippen LogP contribution is 2.08. The minimum Gasteiger partial charge on any atom is -0.0919 e. The Hall–Kier alpha value is -1.56. The summed E-state index contributed by atoms with van der Waals surface area (Å²) in [5.41, 5.74) is 2.82. The van der Waals surface area contributed by atoms with E-state index in [1.54, 1.807) is 0 Å². The van der Waals surface area contributed by atoms with Gasteiger partial charge in [-0.1, -0.05) is 71.8 Å². The molecule has 0 unspecified atom stereocenters. The third kappa shape index (κ3) is 10.9. The normalized spacial score (nSPS) is 13.0. The van der Waals surface area contributed by atoms with Crippen molar-refractivity contribution < 1.29 is 0 Å². The standard InChI is InChI=1S/C7H10.C7H8.C4H8/c2*1-7-5-3-2-4-6-7;1-3-4-2/h2-3,5H,4,6H2,1H3;2-6H,1H3;3-4H,1-2H3. The molecule has 1 aliphatic rings. The maximum atomic E-state index is 2.20. The number of hydrogen-bond acceptors (Lipinski definition) is 0. The van der Waals surface area contributed by atoms with Gasteiger partial charge in [0.2, 0.25) is 0 Å². The number of hydrogen-bond donors (Lipinski definition) is 0. The van der Waals surface area contributed by atoms with Crippen molar-refractivity contribution in [3.8, 4) is 0 Å². The van der Waals surface area contributed by atoms with Gasteiger partial charge in [0.1, 0.15) is 0 Å². The maximum Gasteiger partial charge on any atom is -0.0285 e. The van der Waals surface area contributed by atoms with E-state index in [1.165, 1.54) is 24.0 Å². The summed E-state index contributed by atoms with van der Waals surface area (Å²) in [4.78, 5) is 0. The van der Waals surface area contributed by atoms with E-state index in [4.69, 9.17) is 0 Å². The van der Waals surface area contributed by atoms with E-state index in [0.717, 1.165) is 0 Å². The first-order valence-electron chi connectivity index (χ1n) is 6.62. The molecule has 2 rings (SSSR count). The van der Waals surface area contributed by atoms with Crippen LogP contribution in [0.25, 0.3) is 0 Å². The summed E-state index contributed by atoms with van der Waals surface area (Å²) in [5.74, 6) is 0. The van der Waals surface area contributed by atoms with Crippen LogP contribution in [0.15, 0.2) is 66.3 Å². The molecule has 0 bridgehead atoms. The maximum absolute atomic E-state index is 2.20. The van der Waals surface area contributed by atoms with Gasteiger partial charge in [-0.15, -0.1) is 0 Å².